The van der Waals surface area contributed by atoms with E-state index in [0.29, 0.717) is 12.1 Å². The van der Waals surface area contributed by atoms with Crippen molar-refractivity contribution in [2.45, 2.75) is 24.3 Å². The van der Waals surface area contributed by atoms with Gasteiger partial charge < -0.3 is 4.74 Å². The molecule has 0 spiro atoms. The number of hydrogen-bond acceptors (Lipinski definition) is 7. The molecule has 1 amide bonds. The molecule has 9 heteroatoms. The average Bonchev–Trinajstić information content (AvgIpc) is 3.29. The van der Waals surface area contributed by atoms with Gasteiger partial charge >= 0.3 is 6.09 Å². The first kappa shape index (κ1) is 18.7. The van der Waals surface area contributed by atoms with Gasteiger partial charge in [-0.15, -0.1) is 11.3 Å². The predicted molar refractivity (Wildman–Crippen MR) is 110 cm³/mol. The summed E-state index contributed by atoms with van der Waals surface area (Å²) in [5.41, 5.74) is 1.62. The van der Waals surface area contributed by atoms with Crippen LogP contribution in [0.2, 0.25) is 0 Å². The maximum Gasteiger partial charge on any atom is 0.410 e. The lowest BCUT2D eigenvalue weighted by Gasteiger charge is -2.22. The van der Waals surface area contributed by atoms with E-state index >= 15 is 0 Å². The van der Waals surface area contributed by atoms with Crippen LogP contribution in [0.1, 0.15) is 23.0 Å². The van der Waals surface area contributed by atoms with E-state index in [-0.39, 0.29) is 23.6 Å². The number of amides is 1. The Morgan fingerprint density at radius 3 is 2.75 bits per heavy atom. The third-order valence-electron chi connectivity index (χ3n) is 4.62. The maximum absolute atomic E-state index is 12.7. The monoisotopic (exact) mass is 415 g/mol. The Bertz CT molecular complexity index is 988. The van der Waals surface area contributed by atoms with Crippen LogP contribution in [0.25, 0.3) is 10.2 Å². The summed E-state index contributed by atoms with van der Waals surface area (Å²) in [4.78, 5) is 29.3. The van der Waals surface area contributed by atoms with E-state index < -0.39 is 11.0 Å². The molecule has 0 N–H and O–H groups in total. The van der Waals surface area contributed by atoms with Crippen molar-refractivity contribution in [3.05, 3.63) is 69.2 Å². The van der Waals surface area contributed by atoms with E-state index in [1.54, 1.807) is 28.4 Å². The number of hydrogen-bond donors (Lipinski definition) is 1. The largest absolute Gasteiger partial charge is 0.445 e. The summed E-state index contributed by atoms with van der Waals surface area (Å²) in [6.07, 6.45) is 0.286. The second kappa shape index (κ2) is 7.76. The van der Waals surface area contributed by atoms with Gasteiger partial charge in [0.2, 0.25) is 0 Å². The van der Waals surface area contributed by atoms with Crippen molar-refractivity contribution in [1.29, 1.82) is 0 Å². The molecule has 1 aliphatic rings. The van der Waals surface area contributed by atoms with E-state index in [9.17, 15) is 14.9 Å². The molecule has 2 atom stereocenters. The van der Waals surface area contributed by atoms with Crippen molar-refractivity contribution < 1.29 is 14.5 Å². The molecule has 1 aliphatic heterocycles. The lowest BCUT2D eigenvalue weighted by Crippen LogP contribution is -2.31. The number of likely N-dealkylation sites (tertiary alicyclic amines) is 1. The molecule has 7 nitrogen and oxygen atoms in total. The van der Waals surface area contributed by atoms with Gasteiger partial charge in [-0.1, -0.05) is 12.1 Å². The molecule has 2 aromatic carbocycles. The number of benzene rings is 2. The fourth-order valence-corrected chi connectivity index (χ4v) is 4.69. The van der Waals surface area contributed by atoms with Gasteiger partial charge in [-0.05, 0) is 36.2 Å². The van der Waals surface area contributed by atoms with Crippen LogP contribution < -0.4 is 0 Å². The first-order valence-corrected chi connectivity index (χ1v) is 10.0. The average molecular weight is 415 g/mol. The number of aromatic nitrogens is 1. The minimum Gasteiger partial charge on any atom is -0.445 e. The number of thiazole rings is 1. The van der Waals surface area contributed by atoms with E-state index in [2.05, 4.69) is 17.6 Å². The van der Waals surface area contributed by atoms with Crippen molar-refractivity contribution in [2.24, 2.45) is 0 Å². The highest BCUT2D eigenvalue weighted by Gasteiger charge is 2.37. The van der Waals surface area contributed by atoms with Gasteiger partial charge in [0, 0.05) is 23.9 Å². The van der Waals surface area contributed by atoms with Crippen molar-refractivity contribution in [3.8, 4) is 0 Å². The molecule has 1 saturated heterocycles. The molecule has 3 aromatic rings. The molecule has 1 fully saturated rings. The number of ether oxygens (including phenoxy) is 1. The predicted octanol–water partition coefficient (Wildman–Crippen LogP) is 4.59. The van der Waals surface area contributed by atoms with Crippen LogP contribution in [0.3, 0.4) is 0 Å². The number of nitro groups is 1. The van der Waals surface area contributed by atoms with Gasteiger partial charge in [-0.2, -0.15) is 12.6 Å². The molecule has 28 heavy (non-hydrogen) atoms. The Hall–Kier alpha value is -2.65. The van der Waals surface area contributed by atoms with E-state index in [4.69, 9.17) is 4.74 Å². The maximum atomic E-state index is 12.7. The number of fused-ring (bicyclic) bond motifs is 1. The van der Waals surface area contributed by atoms with Crippen LogP contribution >= 0.6 is 24.0 Å². The second-order valence-electron chi connectivity index (χ2n) is 6.56. The molecule has 1 aromatic heterocycles. The molecular formula is C19H17N3O4S2. The summed E-state index contributed by atoms with van der Waals surface area (Å²) in [5.74, 6) is 0. The number of thiol groups is 1. The summed E-state index contributed by atoms with van der Waals surface area (Å²) in [6, 6.07) is 13.7. The van der Waals surface area contributed by atoms with Crippen molar-refractivity contribution in [3.63, 3.8) is 0 Å². The van der Waals surface area contributed by atoms with Crippen molar-refractivity contribution in [2.75, 3.05) is 6.54 Å². The molecule has 0 saturated carbocycles. The zero-order valence-electron chi connectivity index (χ0n) is 14.7. The number of carbonyl (C=O) groups is 1. The topological polar surface area (TPSA) is 85.6 Å². The Kier molecular flexibility index (Phi) is 5.19. The standard InChI is InChI=1S/C19H17N3O4S2/c23-19(26-11-12-5-7-13(8-6-12)22(24)25)21-10-14(27)9-16(21)18-20-15-3-1-2-4-17(15)28-18/h1-8,14,16,27H,9-11H2/t14-,16+/m0/s1. The number of nitrogens with zero attached hydrogens (tertiary/aromatic N) is 3. The fourth-order valence-electron chi connectivity index (χ4n) is 3.22. The van der Waals surface area contributed by atoms with Gasteiger partial charge in [0.1, 0.15) is 11.6 Å². The Labute approximate surface area is 170 Å². The molecule has 0 bridgehead atoms. The van der Waals surface area contributed by atoms with E-state index in [1.807, 2.05) is 24.3 Å². The fraction of sp³-hybridized carbons (Fsp3) is 0.263. The molecule has 4 rings (SSSR count). The number of nitro benzene ring substituents is 1. The lowest BCUT2D eigenvalue weighted by molar-refractivity contribution is -0.384. The summed E-state index contributed by atoms with van der Waals surface area (Å²) in [7, 11) is 0. The molecular weight excluding hydrogens is 398 g/mol. The van der Waals surface area contributed by atoms with E-state index in [0.717, 1.165) is 21.6 Å². The molecule has 0 unspecified atom stereocenters. The van der Waals surface area contributed by atoms with Gasteiger partial charge in [0.05, 0.1) is 21.2 Å². The third-order valence-corrected chi connectivity index (χ3v) is 6.13. The van der Waals surface area contributed by atoms with Crippen molar-refractivity contribution in [1.82, 2.24) is 9.88 Å². The van der Waals surface area contributed by atoms with Crippen LogP contribution in [0.15, 0.2) is 48.5 Å². The van der Waals surface area contributed by atoms with Crippen LogP contribution in [0.5, 0.6) is 0 Å². The quantitative estimate of drug-likeness (QED) is 0.383. The number of non-ortho nitro benzene ring substituents is 1. The van der Waals surface area contributed by atoms with Gasteiger partial charge in [0.25, 0.3) is 5.69 Å². The second-order valence-corrected chi connectivity index (χ2v) is 8.35. The van der Waals surface area contributed by atoms with Crippen LogP contribution in [0, 0.1) is 10.1 Å². The molecule has 0 radical (unpaired) electrons. The zero-order chi connectivity index (χ0) is 19.7. The lowest BCUT2D eigenvalue weighted by atomic mass is 10.2. The van der Waals surface area contributed by atoms with Crippen LogP contribution in [-0.2, 0) is 11.3 Å². The van der Waals surface area contributed by atoms with E-state index in [1.165, 1.54) is 12.1 Å². The summed E-state index contributed by atoms with van der Waals surface area (Å²) in [6.45, 7) is 0.542. The highest BCUT2D eigenvalue weighted by Crippen LogP contribution is 2.38. The zero-order valence-corrected chi connectivity index (χ0v) is 16.4. The minimum atomic E-state index is -0.463. The minimum absolute atomic E-state index is 0.00318. The Balaban J connectivity index is 1.46. The highest BCUT2D eigenvalue weighted by atomic mass is 32.1. The molecule has 2 heterocycles. The van der Waals surface area contributed by atoms with Gasteiger partial charge in [-0.25, -0.2) is 9.78 Å². The number of para-hydroxylation sites is 1. The SMILES string of the molecule is O=C(OCc1ccc([N+](=O)[O-])cc1)N1C[C@@H](S)C[C@@H]1c1nc2ccccc2s1. The van der Waals surface area contributed by atoms with Crippen LogP contribution in [-0.4, -0.2) is 32.7 Å². The smallest absolute Gasteiger partial charge is 0.410 e. The third kappa shape index (κ3) is 3.81. The first-order valence-electron chi connectivity index (χ1n) is 8.71. The molecule has 144 valence electrons. The Morgan fingerprint density at radius 2 is 2.04 bits per heavy atom. The Morgan fingerprint density at radius 1 is 1.29 bits per heavy atom. The number of rotatable bonds is 4. The normalized spacial score (nSPS) is 19.1. The van der Waals surface area contributed by atoms with Crippen LogP contribution in [0.4, 0.5) is 10.5 Å². The summed E-state index contributed by atoms with van der Waals surface area (Å²) in [5, 5.41) is 11.7. The van der Waals surface area contributed by atoms with Gasteiger partial charge in [0.15, 0.2) is 0 Å². The first-order chi connectivity index (χ1) is 13.5. The molecule has 0 aliphatic carbocycles. The summed E-state index contributed by atoms with van der Waals surface area (Å²) >= 11 is 6.13. The van der Waals surface area contributed by atoms with Crippen molar-refractivity contribution >= 4 is 46.0 Å². The van der Waals surface area contributed by atoms with Gasteiger partial charge in [-0.3, -0.25) is 15.0 Å². The highest BCUT2D eigenvalue weighted by molar-refractivity contribution is 7.81. The summed E-state index contributed by atoms with van der Waals surface area (Å²) < 4.78 is 6.53. The number of carbonyl (C=O) groups excluding carboxylic acids is 1.